The van der Waals surface area contributed by atoms with Crippen molar-refractivity contribution in [2.24, 2.45) is 5.92 Å². The first kappa shape index (κ1) is 14.7. The Morgan fingerprint density at radius 1 is 1.67 bits per heavy atom. The molecule has 0 saturated carbocycles. The van der Waals surface area contributed by atoms with Gasteiger partial charge in [0.15, 0.2) is 0 Å². The van der Waals surface area contributed by atoms with Crippen LogP contribution in [0.25, 0.3) is 0 Å². The van der Waals surface area contributed by atoms with Crippen molar-refractivity contribution in [1.29, 1.82) is 0 Å². The van der Waals surface area contributed by atoms with Crippen molar-refractivity contribution in [3.8, 4) is 0 Å². The van der Waals surface area contributed by atoms with Crippen LogP contribution in [0.5, 0.6) is 0 Å². The molecule has 0 spiro atoms. The standard InChI is InChI=1S/C12H17NO4S/c1-4-6-9-7-10(12(14)15)8(3)13(18(16)17)11(9)5-2/h4-6,8,10H,1,7H2,2-3H3,(H,14,15)(H,16,17)/p-1/b9-6-,11-5+/t8-,10-/m1/s1. The van der Waals surface area contributed by atoms with Crippen molar-refractivity contribution < 1.29 is 18.7 Å². The van der Waals surface area contributed by atoms with Crippen molar-refractivity contribution in [1.82, 2.24) is 4.31 Å². The first-order valence-electron chi connectivity index (χ1n) is 5.53. The minimum atomic E-state index is -2.50. The van der Waals surface area contributed by atoms with Gasteiger partial charge in [0.1, 0.15) is 0 Å². The van der Waals surface area contributed by atoms with Gasteiger partial charge in [0.05, 0.1) is 12.0 Å². The molecule has 5 nitrogen and oxygen atoms in total. The van der Waals surface area contributed by atoms with Crippen molar-refractivity contribution in [2.45, 2.75) is 26.3 Å². The Labute approximate surface area is 109 Å². The minimum absolute atomic E-state index is 0.301. The summed E-state index contributed by atoms with van der Waals surface area (Å²) in [5.74, 6) is -1.75. The molecule has 1 rings (SSSR count). The van der Waals surface area contributed by atoms with Gasteiger partial charge < -0.3 is 9.66 Å². The lowest BCUT2D eigenvalue weighted by atomic mass is 9.86. The van der Waals surface area contributed by atoms with Gasteiger partial charge in [-0.05, 0) is 25.8 Å². The Balaban J connectivity index is 3.28. The van der Waals surface area contributed by atoms with Crippen LogP contribution >= 0.6 is 0 Å². The van der Waals surface area contributed by atoms with E-state index in [9.17, 15) is 13.6 Å². The van der Waals surface area contributed by atoms with E-state index in [4.69, 9.17) is 5.11 Å². The molecule has 1 heterocycles. The summed E-state index contributed by atoms with van der Waals surface area (Å²) in [5.41, 5.74) is 1.19. The lowest BCUT2D eigenvalue weighted by Crippen LogP contribution is -2.46. The number of hydrogen-bond acceptors (Lipinski definition) is 3. The van der Waals surface area contributed by atoms with Gasteiger partial charge in [-0.2, -0.15) is 0 Å². The average Bonchev–Trinajstić information content (AvgIpc) is 2.29. The third-order valence-corrected chi connectivity index (χ3v) is 3.88. The van der Waals surface area contributed by atoms with E-state index in [1.54, 1.807) is 26.0 Å². The zero-order valence-electron chi connectivity index (χ0n) is 10.3. The molecule has 6 heteroatoms. The van der Waals surface area contributed by atoms with Gasteiger partial charge in [-0.1, -0.05) is 24.8 Å². The van der Waals surface area contributed by atoms with Gasteiger partial charge >= 0.3 is 5.97 Å². The molecule has 0 radical (unpaired) electrons. The second-order valence-corrected chi connectivity index (χ2v) is 4.86. The fraction of sp³-hybridized carbons (Fsp3) is 0.417. The first-order valence-corrected chi connectivity index (χ1v) is 6.56. The van der Waals surface area contributed by atoms with E-state index >= 15 is 0 Å². The summed E-state index contributed by atoms with van der Waals surface area (Å²) in [4.78, 5) is 11.2. The molecule has 1 unspecified atom stereocenters. The zero-order valence-corrected chi connectivity index (χ0v) is 11.1. The lowest BCUT2D eigenvalue weighted by Gasteiger charge is -2.42. The summed E-state index contributed by atoms with van der Waals surface area (Å²) in [6, 6.07) is -0.603. The van der Waals surface area contributed by atoms with Gasteiger partial charge in [-0.25, -0.2) is 0 Å². The van der Waals surface area contributed by atoms with Crippen LogP contribution in [0, 0.1) is 5.92 Å². The van der Waals surface area contributed by atoms with Crippen LogP contribution in [-0.2, 0) is 16.1 Å². The molecule has 1 aliphatic rings. The molecule has 0 amide bonds. The molecule has 0 bridgehead atoms. The molecule has 0 aromatic heterocycles. The largest absolute Gasteiger partial charge is 0.755 e. The molecule has 100 valence electrons. The molecule has 0 aliphatic carbocycles. The van der Waals surface area contributed by atoms with Crippen LogP contribution in [0.1, 0.15) is 20.3 Å². The van der Waals surface area contributed by atoms with Crippen molar-refractivity contribution >= 4 is 17.2 Å². The molecular weight excluding hydrogens is 254 g/mol. The molecule has 1 saturated heterocycles. The van der Waals surface area contributed by atoms with E-state index in [0.29, 0.717) is 17.7 Å². The highest BCUT2D eigenvalue weighted by molar-refractivity contribution is 7.76. The zero-order chi connectivity index (χ0) is 13.9. The summed E-state index contributed by atoms with van der Waals surface area (Å²) < 4.78 is 23.7. The third kappa shape index (κ3) is 2.70. The Bertz CT molecular complexity index is 441. The van der Waals surface area contributed by atoms with E-state index in [2.05, 4.69) is 6.58 Å². The van der Waals surface area contributed by atoms with Crippen LogP contribution in [-0.4, -0.2) is 30.2 Å². The van der Waals surface area contributed by atoms with Gasteiger partial charge in [0.2, 0.25) is 0 Å². The second kappa shape index (κ2) is 5.97. The number of nitrogens with zero attached hydrogens (tertiary/aromatic N) is 1. The molecule has 1 N–H and O–H groups in total. The molecule has 18 heavy (non-hydrogen) atoms. The molecule has 0 aromatic rings. The first-order chi connectivity index (χ1) is 8.43. The number of hydrogen-bond donors (Lipinski definition) is 1. The fourth-order valence-corrected chi connectivity index (χ4v) is 2.96. The quantitative estimate of drug-likeness (QED) is 0.790. The summed E-state index contributed by atoms with van der Waals surface area (Å²) in [5, 5.41) is 9.15. The van der Waals surface area contributed by atoms with Gasteiger partial charge in [-0.15, -0.1) is 0 Å². The predicted octanol–water partition coefficient (Wildman–Crippen LogP) is 1.59. The maximum atomic E-state index is 11.3. The predicted molar refractivity (Wildman–Crippen MR) is 68.0 cm³/mol. The van der Waals surface area contributed by atoms with Crippen molar-refractivity contribution in [2.75, 3.05) is 0 Å². The SMILES string of the molecule is C=C/C=C1/C[C@@H](C(=O)O)[C@@H](C)N(S(=O)[O-])/C1=C/C. The Morgan fingerprint density at radius 2 is 2.28 bits per heavy atom. The smallest absolute Gasteiger partial charge is 0.308 e. The molecule has 0 aromatic carbocycles. The minimum Gasteiger partial charge on any atom is -0.755 e. The van der Waals surface area contributed by atoms with E-state index in [-0.39, 0.29) is 0 Å². The third-order valence-electron chi connectivity index (χ3n) is 3.03. The molecule has 1 fully saturated rings. The molecule has 1 aliphatic heterocycles. The highest BCUT2D eigenvalue weighted by Gasteiger charge is 2.37. The van der Waals surface area contributed by atoms with Crippen LogP contribution in [0.3, 0.4) is 0 Å². The van der Waals surface area contributed by atoms with Crippen LogP contribution in [0.2, 0.25) is 0 Å². The number of carbonyl (C=O) groups is 1. The van der Waals surface area contributed by atoms with Gasteiger partial charge in [-0.3, -0.25) is 13.3 Å². The van der Waals surface area contributed by atoms with Crippen molar-refractivity contribution in [3.05, 3.63) is 36.1 Å². The van der Waals surface area contributed by atoms with Crippen LogP contribution in [0.15, 0.2) is 36.1 Å². The second-order valence-electron chi connectivity index (χ2n) is 4.03. The number of piperidine rings is 1. The van der Waals surface area contributed by atoms with Gasteiger partial charge in [0, 0.05) is 17.0 Å². The average molecular weight is 270 g/mol. The molecule has 3 atom stereocenters. The van der Waals surface area contributed by atoms with E-state index < -0.39 is 29.2 Å². The monoisotopic (exact) mass is 270 g/mol. The summed E-state index contributed by atoms with van der Waals surface area (Å²) >= 11 is -2.50. The van der Waals surface area contributed by atoms with Gasteiger partial charge in [0.25, 0.3) is 0 Å². The van der Waals surface area contributed by atoms with Crippen LogP contribution < -0.4 is 0 Å². The number of allylic oxidation sites excluding steroid dienone is 4. The normalized spacial score (nSPS) is 30.5. The topological polar surface area (TPSA) is 80.7 Å². The van der Waals surface area contributed by atoms with E-state index in [1.807, 2.05) is 0 Å². The van der Waals surface area contributed by atoms with E-state index in [0.717, 1.165) is 4.31 Å². The summed E-state index contributed by atoms with van der Waals surface area (Å²) in [7, 11) is 0. The summed E-state index contributed by atoms with van der Waals surface area (Å²) in [6.45, 7) is 6.88. The lowest BCUT2D eigenvalue weighted by molar-refractivity contribution is -0.143. The Kier molecular flexibility index (Phi) is 4.86. The highest BCUT2D eigenvalue weighted by atomic mass is 32.2. The van der Waals surface area contributed by atoms with Crippen LogP contribution in [0.4, 0.5) is 0 Å². The number of rotatable bonds is 3. The number of aliphatic carboxylic acids is 1. The maximum Gasteiger partial charge on any atom is 0.308 e. The molecular formula is C12H16NO4S-. The van der Waals surface area contributed by atoms with E-state index in [1.165, 1.54) is 6.08 Å². The Morgan fingerprint density at radius 3 is 2.67 bits per heavy atom. The summed E-state index contributed by atoms with van der Waals surface area (Å²) in [6.07, 6.45) is 5.15. The fourth-order valence-electron chi connectivity index (χ4n) is 2.15. The maximum absolute atomic E-state index is 11.3. The van der Waals surface area contributed by atoms with Crippen molar-refractivity contribution in [3.63, 3.8) is 0 Å². The highest BCUT2D eigenvalue weighted by Crippen LogP contribution is 2.35. The number of carboxylic acids is 1. The number of carboxylic acid groups (broad SMARTS) is 1. The Hall–Kier alpha value is -1.40.